The second-order valence-corrected chi connectivity index (χ2v) is 8.76. The van der Waals surface area contributed by atoms with Crippen LogP contribution in [0.2, 0.25) is 5.02 Å². The zero-order valence-electron chi connectivity index (χ0n) is 16.8. The molecule has 1 amide bonds. The third-order valence-electron chi connectivity index (χ3n) is 4.53. The van der Waals surface area contributed by atoms with Gasteiger partial charge in [-0.2, -0.15) is 0 Å². The molecule has 9 heteroatoms. The van der Waals surface area contributed by atoms with Crippen LogP contribution < -0.4 is 9.46 Å². The van der Waals surface area contributed by atoms with Crippen LogP contribution in [0.15, 0.2) is 71.6 Å². The fraction of sp³-hybridized carbons (Fsp3) is 0.136. The highest BCUT2D eigenvalue weighted by molar-refractivity contribution is 7.92. The van der Waals surface area contributed by atoms with Gasteiger partial charge in [0.15, 0.2) is 0 Å². The number of benzene rings is 3. The van der Waals surface area contributed by atoms with Crippen LogP contribution >= 0.6 is 11.6 Å². The first-order valence-electron chi connectivity index (χ1n) is 9.17. The van der Waals surface area contributed by atoms with Gasteiger partial charge in [-0.05, 0) is 36.4 Å². The first kappa shape index (κ1) is 22.6. The Morgan fingerprint density at radius 1 is 1.10 bits per heavy atom. The van der Waals surface area contributed by atoms with Crippen molar-refractivity contribution in [2.45, 2.75) is 11.4 Å². The summed E-state index contributed by atoms with van der Waals surface area (Å²) in [7, 11) is -1.19. The highest BCUT2D eigenvalue weighted by Crippen LogP contribution is 2.29. The number of hydrogen-bond donors (Lipinski definition) is 1. The molecule has 0 saturated carbocycles. The second kappa shape index (κ2) is 9.36. The molecule has 0 fully saturated rings. The van der Waals surface area contributed by atoms with Gasteiger partial charge in [0.25, 0.3) is 15.9 Å². The van der Waals surface area contributed by atoms with Crippen molar-refractivity contribution in [2.24, 2.45) is 0 Å². The molecule has 3 aromatic rings. The Bertz CT molecular complexity index is 1220. The Morgan fingerprint density at radius 2 is 1.77 bits per heavy atom. The lowest BCUT2D eigenvalue weighted by Gasteiger charge is -2.19. The Hall–Kier alpha value is -3.10. The summed E-state index contributed by atoms with van der Waals surface area (Å²) in [6.45, 7) is 0.0235. The van der Waals surface area contributed by atoms with Gasteiger partial charge in [-0.25, -0.2) is 12.8 Å². The lowest BCUT2D eigenvalue weighted by Crippen LogP contribution is -2.27. The van der Waals surface area contributed by atoms with Gasteiger partial charge in [0, 0.05) is 24.7 Å². The van der Waals surface area contributed by atoms with E-state index in [1.165, 1.54) is 43.3 Å². The number of sulfonamides is 1. The highest BCUT2D eigenvalue weighted by atomic mass is 35.5. The van der Waals surface area contributed by atoms with Gasteiger partial charge in [0.2, 0.25) is 0 Å². The predicted molar refractivity (Wildman–Crippen MR) is 117 cm³/mol. The number of nitrogens with one attached hydrogen (secondary N) is 1. The van der Waals surface area contributed by atoms with Crippen LogP contribution in [0.1, 0.15) is 15.9 Å². The van der Waals surface area contributed by atoms with Crippen molar-refractivity contribution < 1.29 is 22.3 Å². The van der Waals surface area contributed by atoms with Crippen molar-refractivity contribution in [1.29, 1.82) is 0 Å². The fourth-order valence-corrected chi connectivity index (χ4v) is 4.54. The summed E-state index contributed by atoms with van der Waals surface area (Å²) < 4.78 is 47.4. The Balaban J connectivity index is 1.88. The molecule has 0 aliphatic rings. The highest BCUT2D eigenvalue weighted by Gasteiger charge is 2.23. The number of carbonyl (C=O) groups is 1. The number of para-hydroxylation sites is 2. The summed E-state index contributed by atoms with van der Waals surface area (Å²) in [5.74, 6) is -0.574. The number of methoxy groups -OCH3 is 1. The Labute approximate surface area is 185 Å². The van der Waals surface area contributed by atoms with E-state index in [4.69, 9.17) is 16.3 Å². The van der Waals surface area contributed by atoms with E-state index in [0.717, 1.165) is 0 Å². The number of halogens is 2. The van der Waals surface area contributed by atoms with Crippen LogP contribution in [0.5, 0.6) is 5.75 Å². The van der Waals surface area contributed by atoms with Gasteiger partial charge < -0.3 is 9.64 Å². The van der Waals surface area contributed by atoms with Crippen molar-refractivity contribution in [3.63, 3.8) is 0 Å². The third kappa shape index (κ3) is 5.15. The minimum absolute atomic E-state index is 0.0235. The number of carbonyl (C=O) groups excluding carboxylic acids is 1. The monoisotopic (exact) mass is 462 g/mol. The van der Waals surface area contributed by atoms with Crippen molar-refractivity contribution in [1.82, 2.24) is 4.90 Å². The molecule has 3 rings (SSSR count). The standard InChI is InChI=1S/C22H20ClFN2O4S/c1-26(14-16-7-3-4-8-18(16)24)22(27)15-11-12-17(23)21(13-15)31(28,29)25-19-9-5-6-10-20(19)30-2/h3-13,25H,14H2,1-2H3. The van der Waals surface area contributed by atoms with Crippen molar-refractivity contribution >= 4 is 33.2 Å². The molecule has 0 heterocycles. The molecule has 0 bridgehead atoms. The minimum Gasteiger partial charge on any atom is -0.495 e. The van der Waals surface area contributed by atoms with Gasteiger partial charge in [0.1, 0.15) is 16.5 Å². The number of amides is 1. The molecule has 0 unspecified atom stereocenters. The van der Waals surface area contributed by atoms with Crippen LogP contribution in [-0.2, 0) is 16.6 Å². The Morgan fingerprint density at radius 3 is 2.48 bits per heavy atom. The van der Waals surface area contributed by atoms with E-state index in [2.05, 4.69) is 4.72 Å². The van der Waals surface area contributed by atoms with Gasteiger partial charge in [-0.15, -0.1) is 0 Å². The summed E-state index contributed by atoms with van der Waals surface area (Å²) in [5.41, 5.74) is 0.677. The lowest BCUT2D eigenvalue weighted by molar-refractivity contribution is 0.0783. The fourth-order valence-electron chi connectivity index (χ4n) is 2.95. The van der Waals surface area contributed by atoms with Crippen LogP contribution in [0.4, 0.5) is 10.1 Å². The molecule has 0 aromatic heterocycles. The summed E-state index contributed by atoms with van der Waals surface area (Å²) in [4.78, 5) is 13.9. The maximum absolute atomic E-state index is 13.9. The van der Waals surface area contributed by atoms with E-state index in [0.29, 0.717) is 11.3 Å². The number of ether oxygens (including phenoxy) is 1. The average Bonchev–Trinajstić information content (AvgIpc) is 2.75. The first-order chi connectivity index (χ1) is 14.7. The van der Waals surface area contributed by atoms with E-state index >= 15 is 0 Å². The van der Waals surface area contributed by atoms with Crippen molar-refractivity contribution in [3.05, 3.63) is 88.7 Å². The number of hydrogen-bond acceptors (Lipinski definition) is 4. The maximum atomic E-state index is 13.9. The van der Waals surface area contributed by atoms with E-state index < -0.39 is 21.7 Å². The smallest absolute Gasteiger partial charge is 0.263 e. The molecule has 0 spiro atoms. The van der Waals surface area contributed by atoms with E-state index in [9.17, 15) is 17.6 Å². The van der Waals surface area contributed by atoms with Gasteiger partial charge >= 0.3 is 0 Å². The summed E-state index contributed by atoms with van der Waals surface area (Å²) >= 11 is 6.13. The minimum atomic E-state index is -4.12. The van der Waals surface area contributed by atoms with Gasteiger partial charge in [0.05, 0.1) is 17.8 Å². The molecule has 31 heavy (non-hydrogen) atoms. The average molecular weight is 463 g/mol. The number of nitrogens with zero attached hydrogens (tertiary/aromatic N) is 1. The molecule has 0 saturated heterocycles. The lowest BCUT2D eigenvalue weighted by atomic mass is 10.1. The summed E-state index contributed by atoms with van der Waals surface area (Å²) in [6.07, 6.45) is 0. The van der Waals surface area contributed by atoms with Crippen LogP contribution in [0.25, 0.3) is 0 Å². The molecule has 1 N–H and O–H groups in total. The molecule has 6 nitrogen and oxygen atoms in total. The largest absolute Gasteiger partial charge is 0.495 e. The third-order valence-corrected chi connectivity index (χ3v) is 6.38. The quantitative estimate of drug-likeness (QED) is 0.558. The van der Waals surface area contributed by atoms with Crippen molar-refractivity contribution in [3.8, 4) is 5.75 Å². The predicted octanol–water partition coefficient (Wildman–Crippen LogP) is 4.56. The van der Waals surface area contributed by atoms with Crippen LogP contribution in [0.3, 0.4) is 0 Å². The molecular formula is C22H20ClFN2O4S. The SMILES string of the molecule is COc1ccccc1NS(=O)(=O)c1cc(C(=O)N(C)Cc2ccccc2F)ccc1Cl. The molecule has 162 valence electrons. The van der Waals surface area contributed by atoms with Gasteiger partial charge in [-0.3, -0.25) is 9.52 Å². The molecule has 0 radical (unpaired) electrons. The first-order valence-corrected chi connectivity index (χ1v) is 11.0. The molecule has 0 aliphatic heterocycles. The molecule has 3 aromatic carbocycles. The summed E-state index contributed by atoms with van der Waals surface area (Å²) in [6, 6.07) is 16.6. The maximum Gasteiger partial charge on any atom is 0.263 e. The zero-order valence-corrected chi connectivity index (χ0v) is 18.4. The van der Waals surface area contributed by atoms with Gasteiger partial charge in [-0.1, -0.05) is 41.9 Å². The molecule has 0 atom stereocenters. The van der Waals surface area contributed by atoms with E-state index in [-0.39, 0.29) is 27.7 Å². The number of rotatable bonds is 7. The zero-order chi connectivity index (χ0) is 22.6. The molecular weight excluding hydrogens is 443 g/mol. The second-order valence-electron chi connectivity index (χ2n) is 6.70. The normalized spacial score (nSPS) is 11.1. The Kier molecular flexibility index (Phi) is 6.82. The molecule has 0 aliphatic carbocycles. The van der Waals surface area contributed by atoms with E-state index in [1.54, 1.807) is 42.5 Å². The van der Waals surface area contributed by atoms with Crippen molar-refractivity contribution in [2.75, 3.05) is 18.9 Å². The summed E-state index contributed by atoms with van der Waals surface area (Å²) in [5, 5.41) is -0.0456. The topological polar surface area (TPSA) is 75.7 Å². The van der Waals surface area contributed by atoms with Crippen LogP contribution in [-0.4, -0.2) is 33.4 Å². The number of anilines is 1. The van der Waals surface area contributed by atoms with E-state index in [1.807, 2.05) is 0 Å². The van der Waals surface area contributed by atoms with Crippen LogP contribution in [0, 0.1) is 5.82 Å².